The Morgan fingerprint density at radius 3 is 2.69 bits per heavy atom. The summed E-state index contributed by atoms with van der Waals surface area (Å²) in [4.78, 5) is 1.28. The molecule has 0 amide bonds. The molecular weight excluding hydrogens is 244 g/mol. The van der Waals surface area contributed by atoms with Crippen molar-refractivity contribution in [3.8, 4) is 0 Å². The Balaban J connectivity index is 2.50. The molecule has 0 saturated heterocycles. The maximum absolute atomic E-state index is 3.54. The van der Waals surface area contributed by atoms with Crippen molar-refractivity contribution in [3.63, 3.8) is 0 Å². The normalized spacial score (nSPS) is 11.7. The van der Waals surface area contributed by atoms with Gasteiger partial charge >= 0.3 is 0 Å². The van der Waals surface area contributed by atoms with Crippen LogP contribution in [-0.4, -0.2) is 0 Å². The Morgan fingerprint density at radius 2 is 2.08 bits per heavy atom. The zero-order valence-corrected chi connectivity index (χ0v) is 10.1. The van der Waals surface area contributed by atoms with Crippen molar-refractivity contribution in [1.82, 2.24) is 0 Å². The number of hydrogen-bond donors (Lipinski definition) is 0. The van der Waals surface area contributed by atoms with Gasteiger partial charge in [0.1, 0.15) is 0 Å². The van der Waals surface area contributed by atoms with Crippen LogP contribution in [-0.2, 0) is 0 Å². The summed E-state index contributed by atoms with van der Waals surface area (Å²) in [6, 6.07) is 10.4. The second-order valence-corrected chi connectivity index (χ2v) is 5.21. The Hall–Kier alpha value is -0.210. The van der Waals surface area contributed by atoms with E-state index in [4.69, 9.17) is 0 Å². The first-order chi connectivity index (χ1) is 6.33. The van der Waals surface area contributed by atoms with Crippen molar-refractivity contribution in [2.75, 3.05) is 0 Å². The van der Waals surface area contributed by atoms with Gasteiger partial charge < -0.3 is 0 Å². The van der Waals surface area contributed by atoms with Crippen molar-refractivity contribution < 1.29 is 0 Å². The lowest BCUT2D eigenvalue weighted by Gasteiger charge is -1.98. The maximum Gasteiger partial charge on any atom is 0.0511 e. The van der Waals surface area contributed by atoms with Gasteiger partial charge in [0.2, 0.25) is 0 Å². The predicted octanol–water partition coefficient (Wildman–Crippen LogP) is 4.82. The van der Waals surface area contributed by atoms with Gasteiger partial charge in [0.25, 0.3) is 0 Å². The third kappa shape index (κ3) is 4.53. The number of hydrogen-bond acceptors (Lipinski definition) is 1. The lowest BCUT2D eigenvalue weighted by atomic mass is 10.3. The van der Waals surface area contributed by atoms with E-state index in [1.165, 1.54) is 15.1 Å². The second kappa shape index (κ2) is 6.28. The number of rotatable bonds is 4. The summed E-state index contributed by atoms with van der Waals surface area (Å²) in [6.07, 6.45) is 4.56. The van der Waals surface area contributed by atoms with Crippen molar-refractivity contribution in [2.24, 2.45) is 0 Å². The first-order valence-electron chi connectivity index (χ1n) is 4.41. The molecule has 0 bridgehead atoms. The molecule has 0 aliphatic rings. The Morgan fingerprint density at radius 1 is 1.38 bits per heavy atom. The number of benzene rings is 1. The zero-order chi connectivity index (χ0) is 9.52. The third-order valence-electron chi connectivity index (χ3n) is 1.55. The van der Waals surface area contributed by atoms with E-state index in [0.29, 0.717) is 0 Å². The number of allylic oxidation sites excluding steroid dienone is 1. The van der Waals surface area contributed by atoms with Crippen molar-refractivity contribution in [2.45, 2.75) is 24.7 Å². The largest absolute Gasteiger partial charge is 0.0828 e. The SMILES string of the molecule is CCC/C=C(\Br)Sc1ccccc1. The van der Waals surface area contributed by atoms with Crippen LogP contribution in [0.5, 0.6) is 0 Å². The predicted molar refractivity (Wildman–Crippen MR) is 64.2 cm³/mol. The molecule has 1 aromatic rings. The van der Waals surface area contributed by atoms with Gasteiger partial charge in [0.05, 0.1) is 3.81 Å². The average molecular weight is 257 g/mol. The molecule has 0 unspecified atom stereocenters. The van der Waals surface area contributed by atoms with Crippen LogP contribution >= 0.6 is 27.7 Å². The molecule has 0 fully saturated rings. The van der Waals surface area contributed by atoms with Crippen LogP contribution in [0.3, 0.4) is 0 Å². The van der Waals surface area contributed by atoms with Gasteiger partial charge in [-0.15, -0.1) is 0 Å². The minimum absolute atomic E-state index is 1.14. The Labute approximate surface area is 92.6 Å². The molecule has 0 spiro atoms. The molecule has 0 saturated carbocycles. The van der Waals surface area contributed by atoms with Crippen LogP contribution in [0.1, 0.15) is 19.8 Å². The minimum atomic E-state index is 1.14. The lowest BCUT2D eigenvalue weighted by molar-refractivity contribution is 0.959. The lowest BCUT2D eigenvalue weighted by Crippen LogP contribution is -1.69. The summed E-state index contributed by atoms with van der Waals surface area (Å²) in [5.74, 6) is 0. The third-order valence-corrected chi connectivity index (χ3v) is 3.23. The van der Waals surface area contributed by atoms with E-state index in [-0.39, 0.29) is 0 Å². The summed E-state index contributed by atoms with van der Waals surface area (Å²) in [5, 5.41) is 0. The maximum atomic E-state index is 3.54. The van der Waals surface area contributed by atoms with Gasteiger partial charge in [0, 0.05) is 4.90 Å². The fraction of sp³-hybridized carbons (Fsp3) is 0.273. The number of unbranched alkanes of at least 4 members (excludes halogenated alkanes) is 1. The fourth-order valence-electron chi connectivity index (χ4n) is 0.901. The molecule has 0 nitrogen and oxygen atoms in total. The van der Waals surface area contributed by atoms with Crippen LogP contribution in [0, 0.1) is 0 Å². The van der Waals surface area contributed by atoms with Gasteiger partial charge in [-0.25, -0.2) is 0 Å². The molecule has 2 heteroatoms. The molecule has 13 heavy (non-hydrogen) atoms. The Bertz CT molecular complexity index is 267. The van der Waals surface area contributed by atoms with Gasteiger partial charge in [-0.1, -0.05) is 49.4 Å². The molecule has 0 radical (unpaired) electrons. The highest BCUT2D eigenvalue weighted by Gasteiger charge is 1.94. The van der Waals surface area contributed by atoms with E-state index < -0.39 is 0 Å². The highest BCUT2D eigenvalue weighted by atomic mass is 79.9. The summed E-state index contributed by atoms with van der Waals surface area (Å²) in [7, 11) is 0. The van der Waals surface area contributed by atoms with Crippen LogP contribution in [0.15, 0.2) is 45.1 Å². The summed E-state index contributed by atoms with van der Waals surface area (Å²) in [6.45, 7) is 2.18. The topological polar surface area (TPSA) is 0 Å². The second-order valence-electron chi connectivity index (χ2n) is 2.71. The highest BCUT2D eigenvalue weighted by molar-refractivity contribution is 9.14. The molecule has 0 aromatic heterocycles. The molecular formula is C11H13BrS. The quantitative estimate of drug-likeness (QED) is 0.697. The molecule has 0 heterocycles. The van der Waals surface area contributed by atoms with E-state index in [1.807, 2.05) is 6.07 Å². The van der Waals surface area contributed by atoms with Crippen molar-refractivity contribution >= 4 is 27.7 Å². The van der Waals surface area contributed by atoms with E-state index in [0.717, 1.165) is 6.42 Å². The molecule has 1 aromatic carbocycles. The summed E-state index contributed by atoms with van der Waals surface area (Å²) in [5.41, 5.74) is 0. The van der Waals surface area contributed by atoms with E-state index in [2.05, 4.69) is 53.2 Å². The minimum Gasteiger partial charge on any atom is -0.0828 e. The van der Waals surface area contributed by atoms with Crippen LogP contribution in [0.2, 0.25) is 0 Å². The summed E-state index contributed by atoms with van der Waals surface area (Å²) < 4.78 is 1.21. The monoisotopic (exact) mass is 256 g/mol. The van der Waals surface area contributed by atoms with Gasteiger partial charge in [-0.3, -0.25) is 0 Å². The van der Waals surface area contributed by atoms with Crippen LogP contribution in [0.25, 0.3) is 0 Å². The fourth-order valence-corrected chi connectivity index (χ4v) is 2.41. The van der Waals surface area contributed by atoms with E-state index >= 15 is 0 Å². The first kappa shape index (κ1) is 10.9. The first-order valence-corrected chi connectivity index (χ1v) is 6.02. The average Bonchev–Trinajstić information content (AvgIpc) is 2.16. The zero-order valence-electron chi connectivity index (χ0n) is 7.66. The standard InChI is InChI=1S/C11H13BrS/c1-2-3-9-11(12)13-10-7-5-4-6-8-10/h4-9H,2-3H2,1H3/b11-9+. The highest BCUT2D eigenvalue weighted by Crippen LogP contribution is 2.30. The smallest absolute Gasteiger partial charge is 0.0511 e. The molecule has 1 rings (SSSR count). The molecule has 0 atom stereocenters. The molecule has 0 aliphatic heterocycles. The van der Waals surface area contributed by atoms with Gasteiger partial charge in [0.15, 0.2) is 0 Å². The van der Waals surface area contributed by atoms with Crippen molar-refractivity contribution in [1.29, 1.82) is 0 Å². The van der Waals surface area contributed by atoms with Crippen LogP contribution in [0.4, 0.5) is 0 Å². The molecule has 70 valence electrons. The molecule has 0 aliphatic carbocycles. The van der Waals surface area contributed by atoms with Gasteiger partial charge in [-0.05, 0) is 34.5 Å². The van der Waals surface area contributed by atoms with Crippen LogP contribution < -0.4 is 0 Å². The Kier molecular flexibility index (Phi) is 5.25. The van der Waals surface area contributed by atoms with Gasteiger partial charge in [-0.2, -0.15) is 0 Å². The number of halogens is 1. The summed E-state index contributed by atoms with van der Waals surface area (Å²) >= 11 is 5.30. The van der Waals surface area contributed by atoms with E-state index in [9.17, 15) is 0 Å². The van der Waals surface area contributed by atoms with E-state index in [1.54, 1.807) is 11.8 Å². The van der Waals surface area contributed by atoms with Crippen molar-refractivity contribution in [3.05, 3.63) is 40.2 Å². The number of thioether (sulfide) groups is 1. The molecule has 0 N–H and O–H groups in total.